The summed E-state index contributed by atoms with van der Waals surface area (Å²) in [5, 5.41) is 0. The molecule has 20 heavy (non-hydrogen) atoms. The minimum atomic E-state index is -0.386. The fourth-order valence-corrected chi connectivity index (χ4v) is 2.65. The van der Waals surface area contributed by atoms with Crippen LogP contribution in [0.25, 0.3) is 0 Å². The number of nitrogens with zero attached hydrogens (tertiary/aromatic N) is 1. The first kappa shape index (κ1) is 17.0. The minimum absolute atomic E-state index is 0.00208. The Morgan fingerprint density at radius 3 is 2.50 bits per heavy atom. The molecule has 0 radical (unpaired) electrons. The lowest BCUT2D eigenvalue weighted by molar-refractivity contribution is -0.143. The van der Waals surface area contributed by atoms with Gasteiger partial charge in [0.1, 0.15) is 0 Å². The van der Waals surface area contributed by atoms with E-state index in [0.29, 0.717) is 26.1 Å². The van der Waals surface area contributed by atoms with Crippen molar-refractivity contribution in [3.05, 3.63) is 0 Å². The van der Waals surface area contributed by atoms with E-state index in [9.17, 15) is 9.59 Å². The number of hydrogen-bond donors (Lipinski definition) is 1. The molecule has 1 aliphatic rings. The molecule has 0 aromatic rings. The molecule has 0 bridgehead atoms. The van der Waals surface area contributed by atoms with E-state index >= 15 is 0 Å². The second-order valence-electron chi connectivity index (χ2n) is 6.67. The Balaban J connectivity index is 2.53. The maximum Gasteiger partial charge on any atom is 0.305 e. The topological polar surface area (TPSA) is 72.6 Å². The van der Waals surface area contributed by atoms with Crippen LogP contribution in [0, 0.1) is 11.3 Å². The number of rotatable bonds is 4. The van der Waals surface area contributed by atoms with Crippen molar-refractivity contribution in [2.75, 3.05) is 19.7 Å². The van der Waals surface area contributed by atoms with E-state index in [1.165, 1.54) is 0 Å². The van der Waals surface area contributed by atoms with E-state index < -0.39 is 0 Å². The standard InChI is InChI=1S/C15H28N2O3/c1-5-20-13(18)7-6-11-8-12(16)10-17(9-11)14(19)15(2,3)4/h11-12H,5-10,16H2,1-4H3. The monoisotopic (exact) mass is 284 g/mol. The SMILES string of the molecule is CCOC(=O)CCC1CC(N)CN(C(=O)C(C)(C)C)C1. The van der Waals surface area contributed by atoms with Crippen molar-refractivity contribution in [2.24, 2.45) is 17.1 Å². The molecule has 2 N–H and O–H groups in total. The summed E-state index contributed by atoms with van der Waals surface area (Å²) in [6.45, 7) is 9.29. The Labute approximate surface area is 121 Å². The van der Waals surface area contributed by atoms with Crippen molar-refractivity contribution in [3.8, 4) is 0 Å². The highest BCUT2D eigenvalue weighted by Gasteiger charge is 2.33. The zero-order valence-electron chi connectivity index (χ0n) is 13.1. The number of hydrogen-bond acceptors (Lipinski definition) is 4. The van der Waals surface area contributed by atoms with Crippen molar-refractivity contribution in [1.82, 2.24) is 4.90 Å². The van der Waals surface area contributed by atoms with Crippen molar-refractivity contribution in [2.45, 2.75) is 53.0 Å². The van der Waals surface area contributed by atoms with Gasteiger partial charge >= 0.3 is 5.97 Å². The average Bonchev–Trinajstić information content (AvgIpc) is 2.34. The quantitative estimate of drug-likeness (QED) is 0.795. The Morgan fingerprint density at radius 2 is 1.95 bits per heavy atom. The van der Waals surface area contributed by atoms with Crippen LogP contribution in [0.1, 0.15) is 47.0 Å². The molecule has 1 fully saturated rings. The smallest absolute Gasteiger partial charge is 0.305 e. The predicted octanol–water partition coefficient (Wildman–Crippen LogP) is 1.55. The van der Waals surface area contributed by atoms with Crippen molar-refractivity contribution in [1.29, 1.82) is 0 Å². The molecule has 1 saturated heterocycles. The van der Waals surface area contributed by atoms with E-state index in [-0.39, 0.29) is 29.3 Å². The molecule has 2 atom stereocenters. The Morgan fingerprint density at radius 1 is 1.30 bits per heavy atom. The molecular weight excluding hydrogens is 256 g/mol. The molecule has 5 nitrogen and oxygen atoms in total. The highest BCUT2D eigenvalue weighted by molar-refractivity contribution is 5.81. The molecule has 1 aliphatic heterocycles. The van der Waals surface area contributed by atoms with Crippen LogP contribution >= 0.6 is 0 Å². The van der Waals surface area contributed by atoms with Crippen molar-refractivity contribution in [3.63, 3.8) is 0 Å². The van der Waals surface area contributed by atoms with E-state index in [2.05, 4.69) is 0 Å². The van der Waals surface area contributed by atoms with E-state index in [4.69, 9.17) is 10.5 Å². The number of ether oxygens (including phenoxy) is 1. The van der Waals surface area contributed by atoms with Gasteiger partial charge in [-0.05, 0) is 25.7 Å². The molecule has 116 valence electrons. The van der Waals surface area contributed by atoms with Crippen LogP contribution in [0.4, 0.5) is 0 Å². The lowest BCUT2D eigenvalue weighted by Gasteiger charge is -2.39. The van der Waals surface area contributed by atoms with Crippen LogP contribution in [0.5, 0.6) is 0 Å². The second-order valence-corrected chi connectivity index (χ2v) is 6.67. The molecule has 0 aromatic heterocycles. The van der Waals surface area contributed by atoms with Crippen LogP contribution < -0.4 is 5.73 Å². The van der Waals surface area contributed by atoms with E-state index in [0.717, 1.165) is 12.8 Å². The Kier molecular flexibility index (Phi) is 5.99. The summed E-state index contributed by atoms with van der Waals surface area (Å²) in [4.78, 5) is 25.6. The molecule has 2 unspecified atom stereocenters. The highest BCUT2D eigenvalue weighted by atomic mass is 16.5. The van der Waals surface area contributed by atoms with Gasteiger partial charge in [-0.25, -0.2) is 0 Å². The number of nitrogens with two attached hydrogens (primary N) is 1. The zero-order chi connectivity index (χ0) is 15.3. The van der Waals surface area contributed by atoms with Gasteiger partial charge in [0.05, 0.1) is 6.61 Å². The lowest BCUT2D eigenvalue weighted by atomic mass is 9.87. The maximum atomic E-state index is 12.3. The minimum Gasteiger partial charge on any atom is -0.466 e. The number of carbonyl (C=O) groups excluding carboxylic acids is 2. The summed E-state index contributed by atoms with van der Waals surface area (Å²) < 4.78 is 4.94. The first-order valence-electron chi connectivity index (χ1n) is 7.44. The molecule has 1 heterocycles. The molecule has 0 spiro atoms. The zero-order valence-corrected chi connectivity index (χ0v) is 13.1. The second kappa shape index (κ2) is 7.07. The van der Waals surface area contributed by atoms with Gasteiger partial charge in [0, 0.05) is 31.0 Å². The van der Waals surface area contributed by atoms with Gasteiger partial charge in [0.15, 0.2) is 0 Å². The molecule has 5 heteroatoms. The largest absolute Gasteiger partial charge is 0.466 e. The van der Waals surface area contributed by atoms with E-state index in [1.54, 1.807) is 6.92 Å². The molecule has 1 amide bonds. The molecule has 0 aromatic carbocycles. The van der Waals surface area contributed by atoms with Gasteiger partial charge in [-0.15, -0.1) is 0 Å². The van der Waals surface area contributed by atoms with Crippen LogP contribution in [0.15, 0.2) is 0 Å². The Bertz CT molecular complexity index is 350. The average molecular weight is 284 g/mol. The summed E-state index contributed by atoms with van der Waals surface area (Å²) in [5.74, 6) is 0.253. The van der Waals surface area contributed by atoms with Gasteiger partial charge < -0.3 is 15.4 Å². The molecular formula is C15H28N2O3. The highest BCUT2D eigenvalue weighted by Crippen LogP contribution is 2.25. The number of esters is 1. The molecule has 0 saturated carbocycles. The number of amides is 1. The van der Waals surface area contributed by atoms with Crippen LogP contribution in [-0.2, 0) is 14.3 Å². The Hall–Kier alpha value is -1.10. The first-order chi connectivity index (χ1) is 9.24. The molecule has 0 aliphatic carbocycles. The van der Waals surface area contributed by atoms with Crippen molar-refractivity contribution < 1.29 is 14.3 Å². The fraction of sp³-hybridized carbons (Fsp3) is 0.867. The van der Waals surface area contributed by atoms with Gasteiger partial charge in [-0.1, -0.05) is 20.8 Å². The van der Waals surface area contributed by atoms with Crippen molar-refractivity contribution >= 4 is 11.9 Å². The maximum absolute atomic E-state index is 12.3. The third-order valence-electron chi connectivity index (χ3n) is 3.56. The van der Waals surface area contributed by atoms with Gasteiger partial charge in [-0.3, -0.25) is 9.59 Å². The molecule has 1 rings (SSSR count). The number of likely N-dealkylation sites (tertiary alicyclic amines) is 1. The number of carbonyl (C=O) groups is 2. The van der Waals surface area contributed by atoms with Gasteiger partial charge in [0.25, 0.3) is 0 Å². The third-order valence-corrected chi connectivity index (χ3v) is 3.56. The van der Waals surface area contributed by atoms with E-state index in [1.807, 2.05) is 25.7 Å². The van der Waals surface area contributed by atoms with Crippen LogP contribution in [0.3, 0.4) is 0 Å². The fourth-order valence-electron chi connectivity index (χ4n) is 2.65. The first-order valence-corrected chi connectivity index (χ1v) is 7.44. The summed E-state index contributed by atoms with van der Waals surface area (Å²) in [6.07, 6.45) is 2.01. The summed E-state index contributed by atoms with van der Waals surface area (Å²) in [5.41, 5.74) is 5.67. The summed E-state index contributed by atoms with van der Waals surface area (Å²) in [7, 11) is 0. The summed E-state index contributed by atoms with van der Waals surface area (Å²) in [6, 6.07) is 0.00208. The third kappa shape index (κ3) is 5.12. The summed E-state index contributed by atoms with van der Waals surface area (Å²) >= 11 is 0. The van der Waals surface area contributed by atoms with Gasteiger partial charge in [0.2, 0.25) is 5.91 Å². The normalized spacial score (nSPS) is 23.6. The van der Waals surface area contributed by atoms with Crippen LogP contribution in [0.2, 0.25) is 0 Å². The van der Waals surface area contributed by atoms with Crippen LogP contribution in [-0.4, -0.2) is 42.5 Å². The lowest BCUT2D eigenvalue weighted by Crippen LogP contribution is -2.52. The number of piperidine rings is 1. The van der Waals surface area contributed by atoms with Gasteiger partial charge in [-0.2, -0.15) is 0 Å². The predicted molar refractivity (Wildman–Crippen MR) is 78.0 cm³/mol.